The summed E-state index contributed by atoms with van der Waals surface area (Å²) in [7, 11) is 0. The van der Waals surface area contributed by atoms with Crippen LogP contribution in [0.4, 0.5) is 5.69 Å². The maximum Gasteiger partial charge on any atom is 0.360 e. The molecule has 118 valence electrons. The normalized spacial score (nSPS) is 11.1. The molecule has 0 radical (unpaired) electrons. The van der Waals surface area contributed by atoms with Gasteiger partial charge in [0.25, 0.3) is 0 Å². The summed E-state index contributed by atoms with van der Waals surface area (Å²) in [6, 6.07) is 6.26. The Labute approximate surface area is 131 Å². The summed E-state index contributed by atoms with van der Waals surface area (Å²) >= 11 is 0. The number of carbonyl (C=O) groups is 1. The van der Waals surface area contributed by atoms with Crippen molar-refractivity contribution in [3.05, 3.63) is 46.0 Å². The van der Waals surface area contributed by atoms with Gasteiger partial charge in [-0.15, -0.1) is 0 Å². The van der Waals surface area contributed by atoms with E-state index in [9.17, 15) is 14.7 Å². The van der Waals surface area contributed by atoms with Gasteiger partial charge in [0.05, 0.1) is 6.61 Å². The minimum atomic E-state index is -0.784. The summed E-state index contributed by atoms with van der Waals surface area (Å²) in [6.07, 6.45) is 1.09. The Balaban J connectivity index is 2.40. The average Bonchev–Trinajstić information content (AvgIpc) is 2.53. The molecule has 0 unspecified atom stereocenters. The summed E-state index contributed by atoms with van der Waals surface area (Å²) in [5, 5.41) is 21.7. The van der Waals surface area contributed by atoms with Gasteiger partial charge in [0.15, 0.2) is 5.57 Å². The van der Waals surface area contributed by atoms with Crippen LogP contribution in [0.3, 0.4) is 0 Å². The van der Waals surface area contributed by atoms with E-state index in [1.165, 1.54) is 12.1 Å². The molecular weight excluding hydrogens is 300 g/mol. The number of nitrogens with zero attached hydrogens (tertiary/aromatic N) is 1. The summed E-state index contributed by atoms with van der Waals surface area (Å²) in [6.45, 7) is 3.39. The van der Waals surface area contributed by atoms with Gasteiger partial charge < -0.3 is 19.6 Å². The van der Waals surface area contributed by atoms with Crippen LogP contribution in [-0.4, -0.2) is 17.7 Å². The van der Waals surface area contributed by atoms with Gasteiger partial charge in [-0.1, -0.05) is 0 Å². The number of benzene rings is 1. The molecule has 0 saturated carbocycles. The molecule has 0 saturated heterocycles. The number of rotatable bonds is 4. The number of ether oxygens (including phenoxy) is 1. The Hall–Kier alpha value is -3.27. The van der Waals surface area contributed by atoms with Crippen molar-refractivity contribution < 1.29 is 19.1 Å². The smallest absolute Gasteiger partial charge is 0.360 e. The highest BCUT2D eigenvalue weighted by Gasteiger charge is 2.12. The Morgan fingerprint density at radius 3 is 2.91 bits per heavy atom. The summed E-state index contributed by atoms with van der Waals surface area (Å²) < 4.78 is 9.89. The second-order valence-electron chi connectivity index (χ2n) is 4.61. The number of carbonyl (C=O) groups excluding carboxylic acids is 1. The van der Waals surface area contributed by atoms with Crippen molar-refractivity contribution >= 4 is 22.6 Å². The summed E-state index contributed by atoms with van der Waals surface area (Å²) in [5.41, 5.74) is -0.183. The number of hydrogen-bond acceptors (Lipinski definition) is 7. The van der Waals surface area contributed by atoms with Crippen molar-refractivity contribution in [2.75, 3.05) is 11.9 Å². The number of hydrogen-bond donors (Lipinski definition) is 2. The van der Waals surface area contributed by atoms with Crippen LogP contribution in [0.5, 0.6) is 5.75 Å². The van der Waals surface area contributed by atoms with Gasteiger partial charge in [-0.25, -0.2) is 9.59 Å². The fourth-order valence-electron chi connectivity index (χ4n) is 1.91. The summed E-state index contributed by atoms with van der Waals surface area (Å²) in [5.74, 6) is -0.760. The molecule has 7 nitrogen and oxygen atoms in total. The van der Waals surface area contributed by atoms with Crippen molar-refractivity contribution in [2.45, 2.75) is 13.8 Å². The number of aryl methyl sites for hydroxylation is 1. The first kappa shape index (κ1) is 16.1. The van der Waals surface area contributed by atoms with Crippen LogP contribution in [0, 0.1) is 18.3 Å². The van der Waals surface area contributed by atoms with E-state index in [1.807, 2.05) is 0 Å². The lowest BCUT2D eigenvalue weighted by Gasteiger charge is -2.06. The lowest BCUT2D eigenvalue weighted by atomic mass is 10.1. The number of nitriles is 1. The maximum absolute atomic E-state index is 12.0. The van der Waals surface area contributed by atoms with Gasteiger partial charge in [0, 0.05) is 17.1 Å². The Morgan fingerprint density at radius 1 is 1.52 bits per heavy atom. The van der Waals surface area contributed by atoms with Gasteiger partial charge in [-0.3, -0.25) is 0 Å². The first-order valence-corrected chi connectivity index (χ1v) is 6.78. The molecule has 0 fully saturated rings. The van der Waals surface area contributed by atoms with Gasteiger partial charge in [-0.2, -0.15) is 5.26 Å². The topological polar surface area (TPSA) is 113 Å². The fraction of sp³-hybridized carbons (Fsp3) is 0.188. The number of phenols is 1. The molecule has 23 heavy (non-hydrogen) atoms. The predicted molar refractivity (Wildman–Crippen MR) is 82.8 cm³/mol. The lowest BCUT2D eigenvalue weighted by molar-refractivity contribution is -0.138. The van der Waals surface area contributed by atoms with Crippen LogP contribution >= 0.6 is 0 Å². The highest BCUT2D eigenvalue weighted by atomic mass is 16.5. The third kappa shape index (κ3) is 3.32. The van der Waals surface area contributed by atoms with E-state index in [4.69, 9.17) is 14.4 Å². The van der Waals surface area contributed by atoms with Crippen molar-refractivity contribution in [1.82, 2.24) is 0 Å². The molecule has 0 amide bonds. The number of aromatic hydroxyl groups is 1. The van der Waals surface area contributed by atoms with Gasteiger partial charge in [0.1, 0.15) is 23.1 Å². The molecule has 7 heteroatoms. The number of fused-ring (bicyclic) bond motifs is 1. The highest BCUT2D eigenvalue weighted by molar-refractivity contribution is 5.93. The van der Waals surface area contributed by atoms with E-state index in [1.54, 1.807) is 26.0 Å². The molecule has 1 aromatic carbocycles. The van der Waals surface area contributed by atoms with Crippen molar-refractivity contribution in [3.63, 3.8) is 0 Å². The second-order valence-corrected chi connectivity index (χ2v) is 4.61. The molecule has 0 spiro atoms. The molecule has 2 rings (SSSR count). The number of phenolic OH excluding ortho intramolecular Hbond substituents is 1. The van der Waals surface area contributed by atoms with Gasteiger partial charge in [0.2, 0.25) is 0 Å². The van der Waals surface area contributed by atoms with Crippen LogP contribution in [0.15, 0.2) is 39.2 Å². The number of anilines is 1. The Morgan fingerprint density at radius 2 is 2.26 bits per heavy atom. The zero-order valence-electron chi connectivity index (χ0n) is 12.5. The highest BCUT2D eigenvalue weighted by Crippen LogP contribution is 2.26. The number of nitrogens with one attached hydrogen (secondary N) is 1. The SMILES string of the molecule is CCOC(=O)/C(C#N)=C/Nc1cc2ccc(O)c(C)c2oc1=O. The predicted octanol–water partition coefficient (Wildman–Crippen LogP) is 2.19. The molecular formula is C16H14N2O5. The zero-order valence-corrected chi connectivity index (χ0v) is 12.5. The van der Waals surface area contributed by atoms with E-state index in [0.29, 0.717) is 10.9 Å². The lowest BCUT2D eigenvalue weighted by Crippen LogP contribution is -2.11. The quantitative estimate of drug-likeness (QED) is 0.385. The first-order chi connectivity index (χ1) is 11.0. The Bertz CT molecular complexity index is 890. The van der Waals surface area contributed by atoms with E-state index < -0.39 is 11.6 Å². The monoisotopic (exact) mass is 314 g/mol. The van der Waals surface area contributed by atoms with Crippen LogP contribution in [0.1, 0.15) is 12.5 Å². The molecule has 1 heterocycles. The minimum absolute atomic E-state index is 0.0235. The molecule has 0 atom stereocenters. The van der Waals surface area contributed by atoms with E-state index in [2.05, 4.69) is 5.32 Å². The molecule has 0 bridgehead atoms. The van der Waals surface area contributed by atoms with Gasteiger partial charge in [-0.05, 0) is 32.0 Å². The minimum Gasteiger partial charge on any atom is -0.508 e. The number of esters is 1. The standard InChI is InChI=1S/C16H14N2O5/c1-3-22-15(20)11(7-17)8-18-12-6-10-4-5-13(19)9(2)14(10)23-16(12)21/h4-6,8,18-19H,3H2,1-2H3/b11-8+. The van der Waals surface area contributed by atoms with Crippen molar-refractivity contribution in [1.29, 1.82) is 5.26 Å². The Kier molecular flexibility index (Phi) is 4.66. The maximum atomic E-state index is 12.0. The third-order valence-electron chi connectivity index (χ3n) is 3.11. The van der Waals surface area contributed by atoms with E-state index in [0.717, 1.165) is 6.20 Å². The van der Waals surface area contributed by atoms with E-state index in [-0.39, 0.29) is 29.2 Å². The first-order valence-electron chi connectivity index (χ1n) is 6.78. The largest absolute Gasteiger partial charge is 0.508 e. The molecule has 0 aliphatic heterocycles. The van der Waals surface area contributed by atoms with Crippen LogP contribution in [-0.2, 0) is 9.53 Å². The van der Waals surface area contributed by atoms with Crippen LogP contribution < -0.4 is 10.9 Å². The molecule has 0 aliphatic rings. The van der Waals surface area contributed by atoms with Crippen molar-refractivity contribution in [3.8, 4) is 11.8 Å². The van der Waals surface area contributed by atoms with Crippen LogP contribution in [0.2, 0.25) is 0 Å². The molecule has 2 aromatic rings. The van der Waals surface area contributed by atoms with Crippen molar-refractivity contribution in [2.24, 2.45) is 0 Å². The molecule has 2 N–H and O–H groups in total. The average molecular weight is 314 g/mol. The third-order valence-corrected chi connectivity index (χ3v) is 3.11. The van der Waals surface area contributed by atoms with E-state index >= 15 is 0 Å². The fourth-order valence-corrected chi connectivity index (χ4v) is 1.91. The summed E-state index contributed by atoms with van der Waals surface area (Å²) in [4.78, 5) is 23.4. The van der Waals surface area contributed by atoms with Crippen LogP contribution in [0.25, 0.3) is 11.0 Å². The zero-order chi connectivity index (χ0) is 17.0. The molecule has 1 aromatic heterocycles. The van der Waals surface area contributed by atoms with Gasteiger partial charge >= 0.3 is 11.6 Å². The molecule has 0 aliphatic carbocycles. The second kappa shape index (κ2) is 6.66.